The van der Waals surface area contributed by atoms with Crippen LogP contribution in [-0.2, 0) is 6.42 Å². The van der Waals surface area contributed by atoms with Crippen molar-refractivity contribution in [3.05, 3.63) is 29.6 Å². The molecule has 0 bridgehead atoms. The van der Waals surface area contributed by atoms with E-state index in [1.807, 2.05) is 19.1 Å². The zero-order chi connectivity index (χ0) is 9.68. The van der Waals surface area contributed by atoms with Crippen molar-refractivity contribution in [2.75, 3.05) is 5.88 Å². The molecule has 0 aliphatic carbocycles. The summed E-state index contributed by atoms with van der Waals surface area (Å²) in [6.45, 7) is 2.04. The molecule has 0 aromatic carbocycles. The summed E-state index contributed by atoms with van der Waals surface area (Å²) in [6, 6.07) is 5.94. The highest BCUT2D eigenvalue weighted by atomic mass is 35.5. The molecular formula is C10H11ClN2. The fourth-order valence-corrected chi connectivity index (χ4v) is 1.35. The van der Waals surface area contributed by atoms with Crippen LogP contribution in [0.3, 0.4) is 0 Å². The first-order valence-electron chi connectivity index (χ1n) is 4.22. The molecule has 0 spiro atoms. The molecule has 0 radical (unpaired) electrons. The molecule has 0 saturated heterocycles. The number of hydrogen-bond acceptors (Lipinski definition) is 2. The van der Waals surface area contributed by atoms with E-state index in [9.17, 15) is 0 Å². The molecule has 0 amide bonds. The van der Waals surface area contributed by atoms with Crippen molar-refractivity contribution in [1.82, 2.24) is 4.98 Å². The van der Waals surface area contributed by atoms with Gasteiger partial charge < -0.3 is 0 Å². The molecule has 0 aliphatic heterocycles. The van der Waals surface area contributed by atoms with Crippen molar-refractivity contribution >= 4 is 11.6 Å². The van der Waals surface area contributed by atoms with Crippen molar-refractivity contribution < 1.29 is 0 Å². The first-order chi connectivity index (χ1) is 6.31. The summed E-state index contributed by atoms with van der Waals surface area (Å²) >= 11 is 5.65. The summed E-state index contributed by atoms with van der Waals surface area (Å²) in [4.78, 5) is 4.16. The van der Waals surface area contributed by atoms with E-state index in [0.29, 0.717) is 5.88 Å². The van der Waals surface area contributed by atoms with E-state index >= 15 is 0 Å². The van der Waals surface area contributed by atoms with Crippen LogP contribution >= 0.6 is 11.6 Å². The third kappa shape index (κ3) is 2.43. The molecule has 0 aliphatic rings. The molecule has 1 rings (SSSR count). The van der Waals surface area contributed by atoms with Gasteiger partial charge in [0.2, 0.25) is 0 Å². The van der Waals surface area contributed by atoms with Gasteiger partial charge >= 0.3 is 0 Å². The van der Waals surface area contributed by atoms with E-state index in [0.717, 1.165) is 17.7 Å². The van der Waals surface area contributed by atoms with Gasteiger partial charge in [-0.1, -0.05) is 6.92 Å². The van der Waals surface area contributed by atoms with Crippen molar-refractivity contribution in [2.45, 2.75) is 19.3 Å². The highest BCUT2D eigenvalue weighted by molar-refractivity contribution is 6.18. The molecule has 2 nitrogen and oxygen atoms in total. The fraction of sp³-hybridized carbons (Fsp3) is 0.400. The lowest BCUT2D eigenvalue weighted by molar-refractivity contribution is 0.952. The molecule has 1 atom stereocenters. The molecular weight excluding hydrogens is 184 g/mol. The van der Waals surface area contributed by atoms with Crippen LogP contribution in [0.25, 0.3) is 0 Å². The second-order valence-electron chi connectivity index (χ2n) is 2.77. The van der Waals surface area contributed by atoms with Crippen LogP contribution in [0, 0.1) is 11.3 Å². The van der Waals surface area contributed by atoms with E-state index in [1.165, 1.54) is 0 Å². The Morgan fingerprint density at radius 1 is 1.69 bits per heavy atom. The quantitative estimate of drug-likeness (QED) is 0.694. The molecule has 3 heteroatoms. The number of rotatable bonds is 3. The normalized spacial score (nSPS) is 12.1. The van der Waals surface area contributed by atoms with E-state index < -0.39 is 0 Å². The Balaban J connectivity index is 2.94. The fourth-order valence-electron chi connectivity index (χ4n) is 1.11. The highest BCUT2D eigenvalue weighted by Gasteiger charge is 2.08. The largest absolute Gasteiger partial charge is 0.261 e. The first-order valence-corrected chi connectivity index (χ1v) is 4.75. The Hall–Kier alpha value is -1.07. The minimum atomic E-state index is -0.213. The maximum absolute atomic E-state index is 8.79. The Bertz CT molecular complexity index is 317. The SMILES string of the molecule is CCc1cc(C(C#N)CCl)ccn1. The molecule has 1 heterocycles. The van der Waals surface area contributed by atoms with Gasteiger partial charge in [0.05, 0.1) is 12.0 Å². The number of aryl methyl sites for hydroxylation is 1. The van der Waals surface area contributed by atoms with E-state index in [-0.39, 0.29) is 5.92 Å². The average Bonchev–Trinajstić information content (AvgIpc) is 2.20. The highest BCUT2D eigenvalue weighted by Crippen LogP contribution is 2.16. The number of pyridine rings is 1. The van der Waals surface area contributed by atoms with Gasteiger partial charge in [-0.2, -0.15) is 5.26 Å². The molecule has 1 aromatic rings. The Morgan fingerprint density at radius 2 is 2.46 bits per heavy atom. The van der Waals surface area contributed by atoms with E-state index in [4.69, 9.17) is 16.9 Å². The van der Waals surface area contributed by atoms with Gasteiger partial charge in [-0.25, -0.2) is 0 Å². The van der Waals surface area contributed by atoms with Crippen LogP contribution in [0.4, 0.5) is 0 Å². The Morgan fingerprint density at radius 3 is 3.00 bits per heavy atom. The summed E-state index contributed by atoms with van der Waals surface area (Å²) in [5, 5.41) is 8.79. The van der Waals surface area contributed by atoms with Gasteiger partial charge in [0.15, 0.2) is 0 Å². The van der Waals surface area contributed by atoms with E-state index in [1.54, 1.807) is 6.20 Å². The number of hydrogen-bond donors (Lipinski definition) is 0. The monoisotopic (exact) mass is 194 g/mol. The predicted octanol–water partition coefficient (Wildman–Crippen LogP) is 2.49. The van der Waals surface area contributed by atoms with Crippen molar-refractivity contribution in [3.8, 4) is 6.07 Å². The summed E-state index contributed by atoms with van der Waals surface area (Å²) in [6.07, 6.45) is 2.61. The van der Waals surface area contributed by atoms with Gasteiger partial charge in [0.1, 0.15) is 0 Å². The number of nitrogens with zero attached hydrogens (tertiary/aromatic N) is 2. The van der Waals surface area contributed by atoms with Gasteiger partial charge in [-0.15, -0.1) is 11.6 Å². The van der Waals surface area contributed by atoms with Crippen LogP contribution in [0.2, 0.25) is 0 Å². The lowest BCUT2D eigenvalue weighted by atomic mass is 10.0. The second kappa shape index (κ2) is 4.84. The second-order valence-corrected chi connectivity index (χ2v) is 3.08. The van der Waals surface area contributed by atoms with Gasteiger partial charge in [-0.3, -0.25) is 4.98 Å². The van der Waals surface area contributed by atoms with Gasteiger partial charge in [0.25, 0.3) is 0 Å². The maximum atomic E-state index is 8.79. The summed E-state index contributed by atoms with van der Waals surface area (Å²) in [5.41, 5.74) is 1.97. The van der Waals surface area contributed by atoms with Crippen molar-refractivity contribution in [1.29, 1.82) is 5.26 Å². The lowest BCUT2D eigenvalue weighted by Gasteiger charge is -2.05. The molecule has 1 unspecified atom stereocenters. The zero-order valence-electron chi connectivity index (χ0n) is 7.50. The van der Waals surface area contributed by atoms with Crippen LogP contribution in [-0.4, -0.2) is 10.9 Å². The Kier molecular flexibility index (Phi) is 3.72. The third-order valence-electron chi connectivity index (χ3n) is 1.92. The molecule has 68 valence electrons. The number of alkyl halides is 1. The third-order valence-corrected chi connectivity index (χ3v) is 2.22. The van der Waals surface area contributed by atoms with Gasteiger partial charge in [-0.05, 0) is 24.1 Å². The average molecular weight is 195 g/mol. The molecule has 0 saturated carbocycles. The topological polar surface area (TPSA) is 36.7 Å². The van der Waals surface area contributed by atoms with Crippen LogP contribution in [0.15, 0.2) is 18.3 Å². The van der Waals surface area contributed by atoms with Gasteiger partial charge in [0, 0.05) is 17.8 Å². The molecule has 13 heavy (non-hydrogen) atoms. The Labute approximate surface area is 83.2 Å². The zero-order valence-corrected chi connectivity index (χ0v) is 8.25. The molecule has 1 aromatic heterocycles. The minimum absolute atomic E-state index is 0.213. The van der Waals surface area contributed by atoms with Crippen LogP contribution in [0.5, 0.6) is 0 Å². The summed E-state index contributed by atoms with van der Waals surface area (Å²) < 4.78 is 0. The summed E-state index contributed by atoms with van der Waals surface area (Å²) in [5.74, 6) is 0.124. The number of halogens is 1. The van der Waals surface area contributed by atoms with E-state index in [2.05, 4.69) is 11.1 Å². The van der Waals surface area contributed by atoms with Crippen molar-refractivity contribution in [2.24, 2.45) is 0 Å². The van der Waals surface area contributed by atoms with Crippen LogP contribution < -0.4 is 0 Å². The lowest BCUT2D eigenvalue weighted by Crippen LogP contribution is -1.99. The number of nitriles is 1. The minimum Gasteiger partial charge on any atom is -0.261 e. The van der Waals surface area contributed by atoms with Crippen molar-refractivity contribution in [3.63, 3.8) is 0 Å². The maximum Gasteiger partial charge on any atom is 0.0849 e. The molecule has 0 N–H and O–H groups in total. The first kappa shape index (κ1) is 10.0. The molecule has 0 fully saturated rings. The standard InChI is InChI=1S/C10H11ClN2/c1-2-10-5-8(3-4-13-10)9(6-11)7-12/h3-5,9H,2,6H2,1H3. The smallest absolute Gasteiger partial charge is 0.0849 e. The van der Waals surface area contributed by atoms with Crippen LogP contribution in [0.1, 0.15) is 24.1 Å². The number of aromatic nitrogens is 1. The summed E-state index contributed by atoms with van der Waals surface area (Å²) in [7, 11) is 0. The predicted molar refractivity (Wildman–Crippen MR) is 52.7 cm³/mol.